The van der Waals surface area contributed by atoms with Crippen molar-refractivity contribution >= 4 is 22.6 Å². The smallest absolute Gasteiger partial charge is 0.253 e. The van der Waals surface area contributed by atoms with E-state index in [1.165, 1.54) is 0 Å². The van der Waals surface area contributed by atoms with Crippen LogP contribution in [0.5, 0.6) is 0 Å². The van der Waals surface area contributed by atoms with E-state index in [9.17, 15) is 9.59 Å². The summed E-state index contributed by atoms with van der Waals surface area (Å²) in [7, 11) is 0. The zero-order valence-corrected chi connectivity index (χ0v) is 15.4. The van der Waals surface area contributed by atoms with Crippen molar-refractivity contribution in [3.05, 3.63) is 78.0 Å². The van der Waals surface area contributed by atoms with Crippen molar-refractivity contribution in [3.8, 4) is 0 Å². The second-order valence-corrected chi connectivity index (χ2v) is 7.21. The molecule has 2 heterocycles. The molecule has 0 N–H and O–H groups in total. The number of piperidine rings is 1. The number of hydrogen-bond donors (Lipinski definition) is 0. The van der Waals surface area contributed by atoms with Crippen LogP contribution < -0.4 is 0 Å². The molecule has 1 fully saturated rings. The molecule has 136 valence electrons. The number of hydrogen-bond acceptors (Lipinski definition) is 3. The van der Waals surface area contributed by atoms with Gasteiger partial charge in [-0.3, -0.25) is 14.6 Å². The van der Waals surface area contributed by atoms with Gasteiger partial charge in [0.2, 0.25) is 0 Å². The van der Waals surface area contributed by atoms with Crippen molar-refractivity contribution < 1.29 is 9.59 Å². The van der Waals surface area contributed by atoms with E-state index in [-0.39, 0.29) is 11.7 Å². The summed E-state index contributed by atoms with van der Waals surface area (Å²) in [5.74, 6) is 0.198. The average Bonchev–Trinajstić information content (AvgIpc) is 2.73. The molecule has 0 bridgehead atoms. The fourth-order valence-electron chi connectivity index (χ4n) is 4.08. The molecule has 2 aromatic carbocycles. The maximum absolute atomic E-state index is 13.0. The molecule has 1 aromatic heterocycles. The standard InChI is InChI=1S/C23H22N2O2/c1-17(26)23(20-7-3-2-4-8-20)11-14-25(15-12-23)22(27)19-9-10-21-18(16-19)6-5-13-24-21/h2-10,13,16H,11-12,14-15H2,1H3. The first-order chi connectivity index (χ1) is 13.1. The fourth-order valence-corrected chi connectivity index (χ4v) is 4.08. The highest BCUT2D eigenvalue weighted by atomic mass is 16.2. The Kier molecular flexibility index (Phi) is 4.48. The molecule has 0 aliphatic carbocycles. The van der Waals surface area contributed by atoms with Crippen LogP contribution in [-0.4, -0.2) is 34.7 Å². The molecule has 0 unspecified atom stereocenters. The van der Waals surface area contributed by atoms with Gasteiger partial charge >= 0.3 is 0 Å². The maximum Gasteiger partial charge on any atom is 0.253 e. The van der Waals surface area contributed by atoms with Gasteiger partial charge in [0.05, 0.1) is 10.9 Å². The minimum atomic E-state index is -0.481. The van der Waals surface area contributed by atoms with Crippen LogP contribution in [0.15, 0.2) is 66.9 Å². The van der Waals surface area contributed by atoms with E-state index >= 15 is 0 Å². The normalized spacial score (nSPS) is 16.3. The highest BCUT2D eigenvalue weighted by Crippen LogP contribution is 2.36. The minimum Gasteiger partial charge on any atom is -0.339 e. The number of benzene rings is 2. The van der Waals surface area contributed by atoms with Crippen LogP contribution >= 0.6 is 0 Å². The first kappa shape index (κ1) is 17.4. The molecule has 1 saturated heterocycles. The average molecular weight is 358 g/mol. The Morgan fingerprint density at radius 3 is 2.41 bits per heavy atom. The number of ketones is 1. The van der Waals surface area contributed by atoms with Crippen LogP contribution in [0.4, 0.5) is 0 Å². The number of amides is 1. The molecule has 0 spiro atoms. The van der Waals surface area contributed by atoms with Crippen LogP contribution in [0.25, 0.3) is 10.9 Å². The second kappa shape index (κ2) is 6.95. The van der Waals surface area contributed by atoms with Gasteiger partial charge < -0.3 is 4.90 Å². The lowest BCUT2D eigenvalue weighted by Crippen LogP contribution is -2.48. The Bertz CT molecular complexity index is 989. The number of likely N-dealkylation sites (tertiary alicyclic amines) is 1. The summed E-state index contributed by atoms with van der Waals surface area (Å²) in [6.07, 6.45) is 3.07. The Hall–Kier alpha value is -3.01. The summed E-state index contributed by atoms with van der Waals surface area (Å²) < 4.78 is 0. The van der Waals surface area contributed by atoms with Crippen molar-refractivity contribution in [2.24, 2.45) is 0 Å². The second-order valence-electron chi connectivity index (χ2n) is 7.21. The Morgan fingerprint density at radius 1 is 0.963 bits per heavy atom. The quantitative estimate of drug-likeness (QED) is 0.711. The number of Topliss-reactive ketones (excluding diaryl/α,β-unsaturated/α-hetero) is 1. The van der Waals surface area contributed by atoms with Crippen LogP contribution in [-0.2, 0) is 10.2 Å². The van der Waals surface area contributed by atoms with Crippen molar-refractivity contribution in [2.75, 3.05) is 13.1 Å². The van der Waals surface area contributed by atoms with Crippen molar-refractivity contribution in [2.45, 2.75) is 25.2 Å². The molecule has 1 amide bonds. The lowest BCUT2D eigenvalue weighted by Gasteiger charge is -2.40. The monoisotopic (exact) mass is 358 g/mol. The molecule has 0 radical (unpaired) electrons. The van der Waals surface area contributed by atoms with Crippen molar-refractivity contribution in [3.63, 3.8) is 0 Å². The van der Waals surface area contributed by atoms with Gasteiger partial charge in [0, 0.05) is 30.2 Å². The lowest BCUT2D eigenvalue weighted by molar-refractivity contribution is -0.124. The lowest BCUT2D eigenvalue weighted by atomic mass is 9.70. The van der Waals surface area contributed by atoms with E-state index in [4.69, 9.17) is 0 Å². The molecule has 1 aliphatic heterocycles. The SMILES string of the molecule is CC(=O)C1(c2ccccc2)CCN(C(=O)c2ccc3ncccc3c2)CC1. The van der Waals surface area contributed by atoms with Gasteiger partial charge in [-0.1, -0.05) is 36.4 Å². The van der Waals surface area contributed by atoms with Crippen molar-refractivity contribution in [1.82, 2.24) is 9.88 Å². The molecule has 4 nitrogen and oxygen atoms in total. The maximum atomic E-state index is 13.0. The summed E-state index contributed by atoms with van der Waals surface area (Å²) in [6.45, 7) is 2.83. The predicted octanol–water partition coefficient (Wildman–Crippen LogP) is 4.00. The molecular formula is C23H22N2O2. The zero-order valence-electron chi connectivity index (χ0n) is 15.4. The molecule has 4 rings (SSSR count). The fraction of sp³-hybridized carbons (Fsp3) is 0.261. The number of fused-ring (bicyclic) bond motifs is 1. The van der Waals surface area contributed by atoms with E-state index in [0.717, 1.165) is 16.5 Å². The highest BCUT2D eigenvalue weighted by Gasteiger charge is 2.41. The highest BCUT2D eigenvalue weighted by molar-refractivity contribution is 5.98. The summed E-state index contributed by atoms with van der Waals surface area (Å²) in [5.41, 5.74) is 2.13. The van der Waals surface area contributed by atoms with Crippen LogP contribution in [0.3, 0.4) is 0 Å². The molecule has 27 heavy (non-hydrogen) atoms. The van der Waals surface area contributed by atoms with Gasteiger partial charge in [0.25, 0.3) is 5.91 Å². The van der Waals surface area contributed by atoms with E-state index in [2.05, 4.69) is 4.98 Å². The third-order valence-electron chi connectivity index (χ3n) is 5.75. The molecule has 0 atom stereocenters. The van der Waals surface area contributed by atoms with E-state index < -0.39 is 5.41 Å². The topological polar surface area (TPSA) is 50.3 Å². The summed E-state index contributed by atoms with van der Waals surface area (Å²) in [4.78, 5) is 31.7. The van der Waals surface area contributed by atoms with Gasteiger partial charge in [-0.2, -0.15) is 0 Å². The predicted molar refractivity (Wildman–Crippen MR) is 106 cm³/mol. The number of rotatable bonds is 3. The third kappa shape index (κ3) is 3.12. The van der Waals surface area contributed by atoms with Gasteiger partial charge in [0.1, 0.15) is 5.78 Å². The molecular weight excluding hydrogens is 336 g/mol. The molecule has 1 aliphatic rings. The number of aromatic nitrogens is 1. The van der Waals surface area contributed by atoms with E-state index in [1.54, 1.807) is 13.1 Å². The first-order valence-corrected chi connectivity index (χ1v) is 9.31. The molecule has 4 heteroatoms. The number of carbonyl (C=O) groups excluding carboxylic acids is 2. The first-order valence-electron chi connectivity index (χ1n) is 9.31. The van der Waals surface area contributed by atoms with Crippen LogP contribution in [0, 0.1) is 0 Å². The van der Waals surface area contributed by atoms with Gasteiger partial charge in [-0.05, 0) is 49.6 Å². The minimum absolute atomic E-state index is 0.0194. The third-order valence-corrected chi connectivity index (χ3v) is 5.75. The molecule has 0 saturated carbocycles. The van der Waals surface area contributed by atoms with Crippen LogP contribution in [0.1, 0.15) is 35.7 Å². The van der Waals surface area contributed by atoms with E-state index in [0.29, 0.717) is 31.5 Å². The van der Waals surface area contributed by atoms with E-state index in [1.807, 2.05) is 65.6 Å². The zero-order chi connectivity index (χ0) is 18.9. The molecule has 3 aromatic rings. The summed E-state index contributed by atoms with van der Waals surface area (Å²) in [6, 6.07) is 19.4. The van der Waals surface area contributed by atoms with Gasteiger partial charge in [-0.15, -0.1) is 0 Å². The number of pyridine rings is 1. The Morgan fingerprint density at radius 2 is 1.70 bits per heavy atom. The number of carbonyl (C=O) groups is 2. The van der Waals surface area contributed by atoms with Gasteiger partial charge in [0.15, 0.2) is 0 Å². The largest absolute Gasteiger partial charge is 0.339 e. The Balaban J connectivity index is 1.55. The van der Waals surface area contributed by atoms with Crippen LogP contribution in [0.2, 0.25) is 0 Å². The Labute approximate surface area is 158 Å². The van der Waals surface area contributed by atoms with Gasteiger partial charge in [-0.25, -0.2) is 0 Å². The summed E-state index contributed by atoms with van der Waals surface area (Å²) in [5, 5.41) is 0.961. The summed E-state index contributed by atoms with van der Waals surface area (Å²) >= 11 is 0. The van der Waals surface area contributed by atoms with Crippen molar-refractivity contribution in [1.29, 1.82) is 0 Å². The number of nitrogens with zero attached hydrogens (tertiary/aromatic N) is 2.